The predicted molar refractivity (Wildman–Crippen MR) is 85.0 cm³/mol. The molecule has 0 saturated carbocycles. The van der Waals surface area contributed by atoms with Gasteiger partial charge in [0.05, 0.1) is 5.52 Å². The number of aromatic nitrogens is 2. The summed E-state index contributed by atoms with van der Waals surface area (Å²) >= 11 is 5.67. The average molecular weight is 334 g/mol. The second-order valence-corrected chi connectivity index (χ2v) is 6.79. The molecule has 0 unspecified atom stereocenters. The molecule has 0 bridgehead atoms. The number of nitrogens with one attached hydrogen (secondary N) is 1. The first-order valence-corrected chi connectivity index (χ1v) is 8.36. The molecule has 0 amide bonds. The molecule has 2 aromatic heterocycles. The topological polar surface area (TPSA) is 72.0 Å². The van der Waals surface area contributed by atoms with Crippen LogP contribution in [0.5, 0.6) is 0 Å². The summed E-state index contributed by atoms with van der Waals surface area (Å²) in [4.78, 5) is 8.16. The van der Waals surface area contributed by atoms with Crippen molar-refractivity contribution >= 4 is 32.5 Å². The van der Waals surface area contributed by atoms with Crippen LogP contribution in [0.2, 0.25) is 5.15 Å². The monoisotopic (exact) mass is 333 g/mol. The normalized spacial score (nSPS) is 11.7. The number of para-hydroxylation sites is 1. The first-order valence-electron chi connectivity index (χ1n) is 6.50. The average Bonchev–Trinajstić information content (AvgIpc) is 2.53. The predicted octanol–water partition coefficient (Wildman–Crippen LogP) is 2.76. The van der Waals surface area contributed by atoms with Gasteiger partial charge in [0.25, 0.3) is 0 Å². The van der Waals surface area contributed by atoms with E-state index in [1.54, 1.807) is 6.20 Å². The lowest BCUT2D eigenvalue weighted by atomic mass is 10.1. The van der Waals surface area contributed by atoms with E-state index in [0.29, 0.717) is 0 Å². The smallest absolute Gasteiger partial charge is 0.242 e. The molecule has 0 radical (unpaired) electrons. The number of sulfonamides is 1. The number of benzene rings is 1. The minimum atomic E-state index is -3.64. The third-order valence-electron chi connectivity index (χ3n) is 3.18. The van der Waals surface area contributed by atoms with Crippen LogP contribution >= 0.6 is 11.6 Å². The van der Waals surface area contributed by atoms with E-state index in [4.69, 9.17) is 11.6 Å². The van der Waals surface area contributed by atoms with Crippen molar-refractivity contribution in [2.24, 2.45) is 0 Å². The van der Waals surface area contributed by atoms with Gasteiger partial charge in [0, 0.05) is 24.3 Å². The molecule has 0 aliphatic rings. The molecule has 22 heavy (non-hydrogen) atoms. The van der Waals surface area contributed by atoms with Crippen molar-refractivity contribution in [3.63, 3.8) is 0 Å². The van der Waals surface area contributed by atoms with Crippen LogP contribution in [0.1, 0.15) is 5.56 Å². The first kappa shape index (κ1) is 14.9. The molecule has 5 nitrogen and oxygen atoms in total. The minimum absolute atomic E-state index is 0.0742. The van der Waals surface area contributed by atoms with Gasteiger partial charge in [0.2, 0.25) is 10.0 Å². The van der Waals surface area contributed by atoms with Gasteiger partial charge in [0.15, 0.2) is 0 Å². The fourth-order valence-electron chi connectivity index (χ4n) is 2.09. The Balaban J connectivity index is 1.86. The fourth-order valence-corrected chi connectivity index (χ4v) is 3.15. The van der Waals surface area contributed by atoms with Gasteiger partial charge in [-0.05, 0) is 23.8 Å². The highest BCUT2D eigenvalue weighted by molar-refractivity contribution is 7.89. The van der Waals surface area contributed by atoms with Gasteiger partial charge in [0.1, 0.15) is 10.0 Å². The van der Waals surface area contributed by atoms with Crippen molar-refractivity contribution in [3.8, 4) is 0 Å². The van der Waals surface area contributed by atoms with Crippen molar-refractivity contribution in [3.05, 3.63) is 65.6 Å². The number of fused-ring (bicyclic) bond motifs is 1. The van der Waals surface area contributed by atoms with Crippen LogP contribution in [0, 0.1) is 0 Å². The zero-order chi connectivity index (χ0) is 15.6. The van der Waals surface area contributed by atoms with Gasteiger partial charge in [-0.3, -0.25) is 4.98 Å². The Bertz CT molecular complexity index is 906. The van der Waals surface area contributed by atoms with Gasteiger partial charge < -0.3 is 0 Å². The summed E-state index contributed by atoms with van der Waals surface area (Å²) in [5.41, 5.74) is 1.59. The minimum Gasteiger partial charge on any atom is -0.256 e. The number of hydrogen-bond donors (Lipinski definition) is 1. The van der Waals surface area contributed by atoms with Crippen molar-refractivity contribution in [1.29, 1.82) is 0 Å². The molecule has 2 heterocycles. The van der Waals surface area contributed by atoms with Gasteiger partial charge in [-0.2, -0.15) is 0 Å². The van der Waals surface area contributed by atoms with Crippen molar-refractivity contribution < 1.29 is 8.42 Å². The van der Waals surface area contributed by atoms with Crippen LogP contribution in [-0.4, -0.2) is 18.4 Å². The zero-order valence-corrected chi connectivity index (χ0v) is 13.0. The first-order chi connectivity index (χ1) is 10.6. The van der Waals surface area contributed by atoms with Crippen LogP contribution in [0.25, 0.3) is 10.9 Å². The summed E-state index contributed by atoms with van der Waals surface area (Å²) in [6.45, 7) is 0.152. The van der Waals surface area contributed by atoms with Gasteiger partial charge in [-0.1, -0.05) is 35.9 Å². The Kier molecular flexibility index (Phi) is 4.06. The van der Waals surface area contributed by atoms with Crippen LogP contribution in [0.15, 0.2) is 59.8 Å². The lowest BCUT2D eigenvalue weighted by molar-refractivity contribution is 0.581. The summed E-state index contributed by atoms with van der Waals surface area (Å²) in [5.74, 6) is 0. The number of hydrogen-bond acceptors (Lipinski definition) is 4. The molecular weight excluding hydrogens is 322 g/mol. The van der Waals surface area contributed by atoms with Crippen LogP contribution < -0.4 is 4.72 Å². The second kappa shape index (κ2) is 6.00. The van der Waals surface area contributed by atoms with E-state index in [2.05, 4.69) is 14.7 Å². The summed E-state index contributed by atoms with van der Waals surface area (Å²) in [6, 6.07) is 12.3. The van der Waals surface area contributed by atoms with Crippen LogP contribution in [0.3, 0.4) is 0 Å². The SMILES string of the molecule is O=S(=O)(NCc1cccc2cccnc12)c1ccc(Cl)nc1. The molecule has 0 aliphatic carbocycles. The van der Waals surface area contributed by atoms with Crippen molar-refractivity contribution in [2.75, 3.05) is 0 Å². The molecular formula is C15H12ClN3O2S. The maximum atomic E-state index is 12.2. The van der Waals surface area contributed by atoms with E-state index in [1.165, 1.54) is 18.3 Å². The third kappa shape index (κ3) is 3.09. The summed E-state index contributed by atoms with van der Waals surface area (Å²) in [6.07, 6.45) is 2.91. The molecule has 0 fully saturated rings. The molecule has 1 N–H and O–H groups in total. The van der Waals surface area contributed by atoms with Crippen LogP contribution in [0.4, 0.5) is 0 Å². The van der Waals surface area contributed by atoms with Crippen LogP contribution in [-0.2, 0) is 16.6 Å². The van der Waals surface area contributed by atoms with E-state index in [1.807, 2.05) is 30.3 Å². The standard InChI is InChI=1S/C15H12ClN3O2S/c16-14-7-6-13(10-18-14)22(20,21)19-9-12-4-1-3-11-5-2-8-17-15(11)12/h1-8,10,19H,9H2. The Hall–Kier alpha value is -2.02. The lowest BCUT2D eigenvalue weighted by Crippen LogP contribution is -2.23. The molecule has 7 heteroatoms. The van der Waals surface area contributed by atoms with Crippen molar-refractivity contribution in [2.45, 2.75) is 11.4 Å². The largest absolute Gasteiger partial charge is 0.256 e. The maximum Gasteiger partial charge on any atom is 0.242 e. The fraction of sp³-hybridized carbons (Fsp3) is 0.0667. The van der Waals surface area contributed by atoms with E-state index >= 15 is 0 Å². The van der Waals surface area contributed by atoms with Gasteiger partial charge >= 0.3 is 0 Å². The molecule has 0 aliphatic heterocycles. The lowest BCUT2D eigenvalue weighted by Gasteiger charge is -2.08. The van der Waals surface area contributed by atoms with E-state index < -0.39 is 10.0 Å². The van der Waals surface area contributed by atoms with E-state index in [-0.39, 0.29) is 16.6 Å². The third-order valence-corrected chi connectivity index (χ3v) is 4.79. The Morgan fingerprint density at radius 2 is 1.86 bits per heavy atom. The Labute approximate surface area is 133 Å². The second-order valence-electron chi connectivity index (χ2n) is 4.63. The quantitative estimate of drug-likeness (QED) is 0.745. The summed E-state index contributed by atoms with van der Waals surface area (Å²) in [7, 11) is -3.64. The van der Waals surface area contributed by atoms with Gasteiger partial charge in [-0.15, -0.1) is 0 Å². The van der Waals surface area contributed by atoms with E-state index in [0.717, 1.165) is 16.5 Å². The summed E-state index contributed by atoms with van der Waals surface area (Å²) in [5, 5.41) is 1.21. The molecule has 0 spiro atoms. The Morgan fingerprint density at radius 3 is 2.64 bits per heavy atom. The number of pyridine rings is 2. The highest BCUT2D eigenvalue weighted by atomic mass is 35.5. The maximum absolute atomic E-state index is 12.2. The molecule has 0 saturated heterocycles. The number of nitrogens with zero attached hydrogens (tertiary/aromatic N) is 2. The Morgan fingerprint density at radius 1 is 1.05 bits per heavy atom. The van der Waals surface area contributed by atoms with Gasteiger partial charge in [-0.25, -0.2) is 18.1 Å². The molecule has 0 atom stereocenters. The number of halogens is 1. The number of rotatable bonds is 4. The molecule has 112 valence electrons. The molecule has 3 rings (SSSR count). The highest BCUT2D eigenvalue weighted by Crippen LogP contribution is 2.17. The molecule has 3 aromatic rings. The van der Waals surface area contributed by atoms with E-state index in [9.17, 15) is 8.42 Å². The highest BCUT2D eigenvalue weighted by Gasteiger charge is 2.14. The summed E-state index contributed by atoms with van der Waals surface area (Å²) < 4.78 is 27.0. The zero-order valence-electron chi connectivity index (χ0n) is 11.4. The molecule has 1 aromatic carbocycles. The van der Waals surface area contributed by atoms with Crippen molar-refractivity contribution in [1.82, 2.24) is 14.7 Å².